The zero-order valence-electron chi connectivity index (χ0n) is 14.5. The Morgan fingerprint density at radius 2 is 1.50 bits per heavy atom. The van der Waals surface area contributed by atoms with Gasteiger partial charge in [0.05, 0.1) is 0 Å². The van der Waals surface area contributed by atoms with Crippen molar-refractivity contribution < 1.29 is 0 Å². The molecule has 0 bridgehead atoms. The average molecular weight is 275 g/mol. The van der Waals surface area contributed by atoms with Crippen LogP contribution in [0.4, 0.5) is 0 Å². The summed E-state index contributed by atoms with van der Waals surface area (Å²) in [5.41, 5.74) is 3.34. The van der Waals surface area contributed by atoms with Crippen molar-refractivity contribution in [2.45, 2.75) is 72.3 Å². The van der Waals surface area contributed by atoms with Gasteiger partial charge in [-0.25, -0.2) is 0 Å². The van der Waals surface area contributed by atoms with Gasteiger partial charge in [0.25, 0.3) is 0 Å². The van der Waals surface area contributed by atoms with Crippen LogP contribution >= 0.6 is 0 Å². The van der Waals surface area contributed by atoms with Crippen LogP contribution < -0.4 is 5.32 Å². The molecule has 114 valence electrons. The minimum absolute atomic E-state index is 0.212. The van der Waals surface area contributed by atoms with Gasteiger partial charge in [-0.15, -0.1) is 0 Å². The van der Waals surface area contributed by atoms with Crippen LogP contribution in [0.1, 0.15) is 66.0 Å². The fourth-order valence-electron chi connectivity index (χ4n) is 2.29. The van der Waals surface area contributed by atoms with E-state index in [1.807, 2.05) is 0 Å². The van der Waals surface area contributed by atoms with Crippen LogP contribution in [0, 0.1) is 5.92 Å². The van der Waals surface area contributed by atoms with E-state index < -0.39 is 0 Å². The van der Waals surface area contributed by atoms with E-state index in [0.717, 1.165) is 12.5 Å². The van der Waals surface area contributed by atoms with E-state index in [2.05, 4.69) is 78.0 Å². The molecule has 0 aliphatic rings. The minimum atomic E-state index is 0.212. The summed E-state index contributed by atoms with van der Waals surface area (Å²) in [5, 5.41) is 3.63. The monoisotopic (exact) mass is 275 g/mol. The van der Waals surface area contributed by atoms with Crippen LogP contribution in [0.3, 0.4) is 0 Å². The summed E-state index contributed by atoms with van der Waals surface area (Å²) in [6.45, 7) is 16.9. The van der Waals surface area contributed by atoms with Gasteiger partial charge in [-0.3, -0.25) is 0 Å². The van der Waals surface area contributed by atoms with E-state index in [1.54, 1.807) is 0 Å². The molecule has 0 spiro atoms. The van der Waals surface area contributed by atoms with Gasteiger partial charge >= 0.3 is 0 Å². The zero-order valence-corrected chi connectivity index (χ0v) is 14.5. The first-order chi connectivity index (χ1) is 9.12. The summed E-state index contributed by atoms with van der Waals surface area (Å²) in [7, 11) is 0. The highest BCUT2D eigenvalue weighted by Gasteiger charge is 2.15. The molecule has 1 atom stereocenters. The smallest absolute Gasteiger partial charge is 0.00966 e. The van der Waals surface area contributed by atoms with Crippen molar-refractivity contribution in [3.63, 3.8) is 0 Å². The molecule has 0 saturated carbocycles. The Bertz CT molecular complexity index is 389. The summed E-state index contributed by atoms with van der Waals surface area (Å²) >= 11 is 0. The maximum atomic E-state index is 3.63. The predicted octanol–water partition coefficient (Wildman–Crippen LogP) is 4.94. The fraction of sp³-hybridized carbons (Fsp3) is 0.684. The molecule has 0 radical (unpaired) electrons. The first kappa shape index (κ1) is 17.2. The van der Waals surface area contributed by atoms with Crippen LogP contribution in [-0.4, -0.2) is 12.1 Å². The number of benzene rings is 1. The first-order valence-electron chi connectivity index (χ1n) is 7.96. The molecule has 0 heterocycles. The Labute approximate surface area is 126 Å². The Balaban J connectivity index is 2.62. The molecule has 0 amide bonds. The molecule has 0 saturated heterocycles. The summed E-state index contributed by atoms with van der Waals surface area (Å²) in [6.07, 6.45) is 2.40. The molecule has 0 aromatic heterocycles. The molecule has 0 aliphatic carbocycles. The fourth-order valence-corrected chi connectivity index (χ4v) is 2.29. The standard InChI is InChI=1S/C19H33N/c1-8-15(14-20-19(5,6)7)13-16-9-11-17(12-10-16)18(2,3)4/h9-12,15,20H,8,13-14H2,1-7H3. The number of hydrogen-bond acceptors (Lipinski definition) is 1. The normalized spacial score (nSPS) is 14.3. The van der Waals surface area contributed by atoms with Crippen LogP contribution in [-0.2, 0) is 11.8 Å². The van der Waals surface area contributed by atoms with E-state index in [-0.39, 0.29) is 11.0 Å². The molecule has 1 nitrogen and oxygen atoms in total. The Kier molecular flexibility index (Phi) is 5.82. The minimum Gasteiger partial charge on any atom is -0.312 e. The van der Waals surface area contributed by atoms with Crippen LogP contribution in [0.25, 0.3) is 0 Å². The van der Waals surface area contributed by atoms with Gasteiger partial charge in [-0.05, 0) is 56.2 Å². The van der Waals surface area contributed by atoms with Gasteiger partial charge in [-0.1, -0.05) is 58.4 Å². The predicted molar refractivity (Wildman–Crippen MR) is 90.4 cm³/mol. The topological polar surface area (TPSA) is 12.0 Å². The van der Waals surface area contributed by atoms with E-state index in [4.69, 9.17) is 0 Å². The average Bonchev–Trinajstić information content (AvgIpc) is 2.33. The highest BCUT2D eigenvalue weighted by Crippen LogP contribution is 2.23. The third-order valence-corrected chi connectivity index (χ3v) is 3.84. The van der Waals surface area contributed by atoms with Crippen molar-refractivity contribution in [2.75, 3.05) is 6.54 Å². The van der Waals surface area contributed by atoms with Crippen LogP contribution in [0.15, 0.2) is 24.3 Å². The number of rotatable bonds is 5. The molecule has 1 N–H and O–H groups in total. The number of nitrogens with one attached hydrogen (secondary N) is 1. The van der Waals surface area contributed by atoms with E-state index >= 15 is 0 Å². The van der Waals surface area contributed by atoms with Gasteiger partial charge in [0.2, 0.25) is 0 Å². The second-order valence-electron chi connectivity index (χ2n) is 8.06. The third-order valence-electron chi connectivity index (χ3n) is 3.84. The molecule has 1 rings (SSSR count). The van der Waals surface area contributed by atoms with Crippen molar-refractivity contribution in [1.29, 1.82) is 0 Å². The summed E-state index contributed by atoms with van der Waals surface area (Å²) < 4.78 is 0. The molecule has 0 aliphatic heterocycles. The number of hydrogen-bond donors (Lipinski definition) is 1. The summed E-state index contributed by atoms with van der Waals surface area (Å²) in [4.78, 5) is 0. The zero-order chi connectivity index (χ0) is 15.4. The van der Waals surface area contributed by atoms with Crippen molar-refractivity contribution in [1.82, 2.24) is 5.32 Å². The lowest BCUT2D eigenvalue weighted by atomic mass is 9.86. The largest absolute Gasteiger partial charge is 0.312 e. The molecule has 1 heteroatoms. The van der Waals surface area contributed by atoms with Gasteiger partial charge < -0.3 is 5.32 Å². The Morgan fingerprint density at radius 3 is 1.90 bits per heavy atom. The maximum Gasteiger partial charge on any atom is 0.00966 e. The van der Waals surface area contributed by atoms with Crippen molar-refractivity contribution in [3.8, 4) is 0 Å². The van der Waals surface area contributed by atoms with Gasteiger partial charge in [0, 0.05) is 5.54 Å². The maximum absolute atomic E-state index is 3.63. The molecule has 20 heavy (non-hydrogen) atoms. The highest BCUT2D eigenvalue weighted by molar-refractivity contribution is 5.27. The molecule has 1 aromatic carbocycles. The molecule has 0 fully saturated rings. The second-order valence-corrected chi connectivity index (χ2v) is 8.06. The lowest BCUT2D eigenvalue weighted by Crippen LogP contribution is -2.39. The first-order valence-corrected chi connectivity index (χ1v) is 7.96. The highest BCUT2D eigenvalue weighted by atomic mass is 14.9. The SMILES string of the molecule is CCC(CNC(C)(C)C)Cc1ccc(C(C)(C)C)cc1. The van der Waals surface area contributed by atoms with Crippen molar-refractivity contribution in [2.24, 2.45) is 5.92 Å². The molecule has 1 unspecified atom stereocenters. The Morgan fingerprint density at radius 1 is 0.950 bits per heavy atom. The van der Waals surface area contributed by atoms with Crippen molar-refractivity contribution in [3.05, 3.63) is 35.4 Å². The molecular formula is C19H33N. The van der Waals surface area contributed by atoms with E-state index in [9.17, 15) is 0 Å². The summed E-state index contributed by atoms with van der Waals surface area (Å²) in [5.74, 6) is 0.717. The lowest BCUT2D eigenvalue weighted by molar-refractivity contribution is 0.363. The van der Waals surface area contributed by atoms with Crippen LogP contribution in [0.2, 0.25) is 0 Å². The van der Waals surface area contributed by atoms with E-state index in [0.29, 0.717) is 0 Å². The third kappa shape index (κ3) is 6.09. The molecule has 1 aromatic rings. The summed E-state index contributed by atoms with van der Waals surface area (Å²) in [6, 6.07) is 9.19. The lowest BCUT2D eigenvalue weighted by Gasteiger charge is -2.25. The van der Waals surface area contributed by atoms with Gasteiger partial charge in [0.15, 0.2) is 0 Å². The van der Waals surface area contributed by atoms with E-state index in [1.165, 1.54) is 24.0 Å². The van der Waals surface area contributed by atoms with Crippen LogP contribution in [0.5, 0.6) is 0 Å². The van der Waals surface area contributed by atoms with Gasteiger partial charge in [-0.2, -0.15) is 0 Å². The van der Waals surface area contributed by atoms with Gasteiger partial charge in [0.1, 0.15) is 0 Å². The molecular weight excluding hydrogens is 242 g/mol. The Hall–Kier alpha value is -0.820. The second kappa shape index (κ2) is 6.76. The van der Waals surface area contributed by atoms with Crippen molar-refractivity contribution >= 4 is 0 Å². The quantitative estimate of drug-likeness (QED) is 0.802.